The summed E-state index contributed by atoms with van der Waals surface area (Å²) in [5, 5.41) is 13.5. The van der Waals surface area contributed by atoms with E-state index in [1.165, 1.54) is 0 Å². The number of carbonyl (C=O) groups excluding carboxylic acids is 1. The van der Waals surface area contributed by atoms with Crippen LogP contribution in [0, 0.1) is 0 Å². The van der Waals surface area contributed by atoms with Crippen LogP contribution in [0.2, 0.25) is 5.04 Å². The van der Waals surface area contributed by atoms with Crippen LogP contribution in [-0.4, -0.2) is 48.9 Å². The van der Waals surface area contributed by atoms with Gasteiger partial charge in [-0.05, 0) is 49.0 Å². The predicted octanol–water partition coefficient (Wildman–Crippen LogP) is 3.96. The summed E-state index contributed by atoms with van der Waals surface area (Å²) in [5.41, 5.74) is -1.36. The van der Waals surface area contributed by atoms with Gasteiger partial charge in [-0.15, -0.1) is 0 Å². The van der Waals surface area contributed by atoms with E-state index in [0.29, 0.717) is 12.8 Å². The first-order valence-electron chi connectivity index (χ1n) is 12.3. The first kappa shape index (κ1) is 25.1. The Hall–Kier alpha value is -1.99. The fraction of sp³-hybridized carbons (Fsp3) is 0.536. The Bertz CT molecular complexity index is 957. The Kier molecular flexibility index (Phi) is 6.57. The number of esters is 1. The molecule has 0 amide bonds. The van der Waals surface area contributed by atoms with E-state index in [2.05, 4.69) is 58.9 Å². The lowest BCUT2D eigenvalue weighted by molar-refractivity contribution is -0.155. The van der Waals surface area contributed by atoms with Gasteiger partial charge in [0.15, 0.2) is 6.10 Å². The van der Waals surface area contributed by atoms with Crippen molar-refractivity contribution in [2.75, 3.05) is 0 Å². The molecule has 1 N–H and O–H groups in total. The average molecular weight is 483 g/mol. The molecular formula is C28H38O5Si. The van der Waals surface area contributed by atoms with E-state index in [4.69, 9.17) is 13.9 Å². The molecule has 4 atom stereocenters. The zero-order chi connectivity index (χ0) is 24.8. The Morgan fingerprint density at radius 3 is 1.94 bits per heavy atom. The third-order valence-electron chi connectivity index (χ3n) is 7.40. The van der Waals surface area contributed by atoms with Crippen molar-refractivity contribution in [3.63, 3.8) is 0 Å². The molecule has 184 valence electrons. The molecule has 34 heavy (non-hydrogen) atoms. The highest BCUT2D eigenvalue weighted by molar-refractivity contribution is 6.99. The fourth-order valence-corrected chi connectivity index (χ4v) is 10.1. The maximum Gasteiger partial charge on any atom is 0.308 e. The van der Waals surface area contributed by atoms with Gasteiger partial charge in [-0.2, -0.15) is 0 Å². The first-order chi connectivity index (χ1) is 15.9. The second-order valence-corrected chi connectivity index (χ2v) is 15.8. The van der Waals surface area contributed by atoms with Crippen LogP contribution in [-0.2, 0) is 18.7 Å². The summed E-state index contributed by atoms with van der Waals surface area (Å²) in [6.45, 7) is 12.5. The van der Waals surface area contributed by atoms with Crippen LogP contribution >= 0.6 is 0 Å². The number of rotatable bonds is 8. The number of ether oxygens (including phenoxy) is 2. The molecule has 0 spiro atoms. The smallest absolute Gasteiger partial charge is 0.308 e. The molecule has 0 bridgehead atoms. The van der Waals surface area contributed by atoms with Crippen molar-refractivity contribution < 1.29 is 23.8 Å². The lowest BCUT2D eigenvalue weighted by Crippen LogP contribution is -2.68. The Morgan fingerprint density at radius 1 is 1.00 bits per heavy atom. The largest absolute Gasteiger partial charge is 0.456 e. The van der Waals surface area contributed by atoms with Crippen LogP contribution in [0.3, 0.4) is 0 Å². The van der Waals surface area contributed by atoms with Gasteiger partial charge in [0, 0.05) is 0 Å². The van der Waals surface area contributed by atoms with Gasteiger partial charge < -0.3 is 19.0 Å². The van der Waals surface area contributed by atoms with Gasteiger partial charge in [0.05, 0.1) is 24.2 Å². The van der Waals surface area contributed by atoms with Crippen molar-refractivity contribution in [3.8, 4) is 0 Å². The van der Waals surface area contributed by atoms with Crippen molar-refractivity contribution in [3.05, 3.63) is 60.7 Å². The summed E-state index contributed by atoms with van der Waals surface area (Å²) in [6.07, 6.45) is 0.161. The quantitative estimate of drug-likeness (QED) is 0.350. The van der Waals surface area contributed by atoms with Gasteiger partial charge in [0.1, 0.15) is 5.60 Å². The van der Waals surface area contributed by atoms with Gasteiger partial charge in [-0.25, -0.2) is 0 Å². The van der Waals surface area contributed by atoms with Crippen molar-refractivity contribution >= 4 is 24.7 Å². The highest BCUT2D eigenvalue weighted by Crippen LogP contribution is 2.43. The molecule has 0 radical (unpaired) electrons. The van der Waals surface area contributed by atoms with Gasteiger partial charge >= 0.3 is 5.97 Å². The molecule has 5 nitrogen and oxygen atoms in total. The molecular weight excluding hydrogens is 444 g/mol. The molecule has 2 aliphatic rings. The van der Waals surface area contributed by atoms with Crippen molar-refractivity contribution in [2.24, 2.45) is 0 Å². The summed E-state index contributed by atoms with van der Waals surface area (Å²) in [4.78, 5) is 12.6. The van der Waals surface area contributed by atoms with Crippen LogP contribution in [0.1, 0.15) is 60.8 Å². The molecule has 2 aromatic carbocycles. The van der Waals surface area contributed by atoms with E-state index >= 15 is 0 Å². The minimum absolute atomic E-state index is 0.118. The molecule has 4 rings (SSSR count). The summed E-state index contributed by atoms with van der Waals surface area (Å²) >= 11 is 0. The molecule has 0 saturated carbocycles. The van der Waals surface area contributed by atoms with Gasteiger partial charge in [0.2, 0.25) is 0 Å². The lowest BCUT2D eigenvalue weighted by atomic mass is 9.88. The first-order valence-corrected chi connectivity index (χ1v) is 14.2. The average Bonchev–Trinajstić information content (AvgIpc) is 3.21. The number of hydrogen-bond acceptors (Lipinski definition) is 5. The molecule has 2 aliphatic heterocycles. The number of cyclic esters (lactones) is 1. The zero-order valence-electron chi connectivity index (χ0n) is 21.2. The summed E-state index contributed by atoms with van der Waals surface area (Å²) in [5.74, 6) is -0.323. The topological polar surface area (TPSA) is 68.3 Å². The highest BCUT2D eigenvalue weighted by Gasteiger charge is 2.57. The van der Waals surface area contributed by atoms with E-state index in [1.54, 1.807) is 6.92 Å². The van der Waals surface area contributed by atoms with Crippen LogP contribution in [0.5, 0.6) is 0 Å². The van der Waals surface area contributed by atoms with E-state index in [-0.39, 0.29) is 29.1 Å². The van der Waals surface area contributed by atoms with E-state index in [9.17, 15) is 9.90 Å². The van der Waals surface area contributed by atoms with E-state index in [1.807, 2.05) is 36.4 Å². The zero-order valence-corrected chi connectivity index (χ0v) is 22.2. The van der Waals surface area contributed by atoms with Crippen molar-refractivity contribution in [2.45, 2.75) is 95.4 Å². The number of hydrogen-bond donors (Lipinski definition) is 1. The Labute approximate surface area is 204 Å². The normalized spacial score (nSPS) is 26.1. The number of aliphatic hydroxyl groups is 1. The van der Waals surface area contributed by atoms with Crippen molar-refractivity contribution in [1.82, 2.24) is 0 Å². The minimum atomic E-state index is -2.89. The highest BCUT2D eigenvalue weighted by atomic mass is 28.4. The molecule has 2 saturated heterocycles. The third-order valence-corrected chi connectivity index (χ3v) is 12.5. The number of carbonyl (C=O) groups is 1. The van der Waals surface area contributed by atoms with Crippen LogP contribution in [0.15, 0.2) is 60.7 Å². The SMILES string of the molecule is CC1(C)OC1CC[C@@](C)(O)[C@@H]1OC(=O)C[C@H]1O[Si](c1ccccc1)(c1ccccc1)C(C)(C)C. The molecule has 2 aromatic rings. The van der Waals surface area contributed by atoms with Gasteiger partial charge in [-0.1, -0.05) is 81.4 Å². The second kappa shape index (κ2) is 8.90. The minimum Gasteiger partial charge on any atom is -0.456 e. The summed E-state index contributed by atoms with van der Waals surface area (Å²) in [7, 11) is -2.89. The second-order valence-electron chi connectivity index (χ2n) is 11.5. The fourth-order valence-electron chi connectivity index (χ4n) is 5.39. The molecule has 6 heteroatoms. The standard InChI is InChI=1S/C28H38O5Si/c1-26(2,3)34(20-13-9-7-10-14-20,21-15-11-8-12-16-21)33-22-19-24(29)31-25(22)28(6,30)18-17-23-27(4,5)32-23/h7-16,22-23,25,30H,17-19H2,1-6H3/t22-,23?,25-,28-/m1/s1. The van der Waals surface area contributed by atoms with E-state index in [0.717, 1.165) is 10.4 Å². The van der Waals surface area contributed by atoms with E-state index < -0.39 is 26.1 Å². The number of epoxide rings is 1. The monoisotopic (exact) mass is 482 g/mol. The maximum atomic E-state index is 12.6. The Morgan fingerprint density at radius 2 is 1.50 bits per heavy atom. The van der Waals surface area contributed by atoms with Crippen LogP contribution < -0.4 is 10.4 Å². The molecule has 1 unspecified atom stereocenters. The molecule has 2 fully saturated rings. The van der Waals surface area contributed by atoms with Crippen LogP contribution in [0.25, 0.3) is 0 Å². The van der Waals surface area contributed by atoms with Gasteiger partial charge in [0.25, 0.3) is 8.32 Å². The van der Waals surface area contributed by atoms with Gasteiger partial charge in [-0.3, -0.25) is 4.79 Å². The van der Waals surface area contributed by atoms with Crippen LogP contribution in [0.4, 0.5) is 0 Å². The summed E-state index contributed by atoms with van der Waals surface area (Å²) < 4.78 is 18.6. The third kappa shape index (κ3) is 4.74. The molecule has 2 heterocycles. The molecule has 0 aliphatic carbocycles. The maximum absolute atomic E-state index is 12.6. The number of benzene rings is 2. The predicted molar refractivity (Wildman–Crippen MR) is 136 cm³/mol. The summed E-state index contributed by atoms with van der Waals surface area (Å²) in [6, 6.07) is 20.7. The lowest BCUT2D eigenvalue weighted by Gasteiger charge is -2.46. The Balaban J connectivity index is 1.71. The molecule has 0 aromatic heterocycles. The van der Waals surface area contributed by atoms with Crippen molar-refractivity contribution in [1.29, 1.82) is 0 Å².